The van der Waals surface area contributed by atoms with Crippen LogP contribution < -0.4 is 5.32 Å². The molecule has 0 aromatic heterocycles. The lowest BCUT2D eigenvalue weighted by Gasteiger charge is -2.04. The number of hydrogen-bond donors (Lipinski definition) is 3. The molecule has 0 radical (unpaired) electrons. The van der Waals surface area contributed by atoms with Crippen LogP contribution in [-0.4, -0.2) is 23.4 Å². The van der Waals surface area contributed by atoms with Gasteiger partial charge in [-0.25, -0.2) is 0 Å². The van der Waals surface area contributed by atoms with Crippen LogP contribution in [0.5, 0.6) is 5.75 Å². The molecule has 0 saturated heterocycles. The van der Waals surface area contributed by atoms with Crippen molar-refractivity contribution in [2.75, 3.05) is 18.5 Å². The molecule has 0 spiro atoms. The van der Waals surface area contributed by atoms with Crippen LogP contribution in [0.4, 0.5) is 5.69 Å². The van der Waals surface area contributed by atoms with Crippen molar-refractivity contribution in [3.8, 4) is 5.75 Å². The maximum atomic E-state index is 9.08. The van der Waals surface area contributed by atoms with Crippen LogP contribution in [0.1, 0.15) is 6.42 Å². The molecule has 0 saturated carbocycles. The third-order valence-corrected chi connectivity index (χ3v) is 1.51. The minimum atomic E-state index is 0.186. The van der Waals surface area contributed by atoms with Gasteiger partial charge in [0, 0.05) is 24.9 Å². The minimum Gasteiger partial charge on any atom is -0.508 e. The summed E-state index contributed by atoms with van der Waals surface area (Å²) in [5, 5.41) is 20.7. The first-order valence-electron chi connectivity index (χ1n) is 3.96. The van der Waals surface area contributed by atoms with Gasteiger partial charge >= 0.3 is 0 Å². The standard InChI is InChI=1S/C9H13NO2/c11-6-2-5-10-8-3-1-4-9(12)7-8/h1,3-4,7,10-12H,2,5-6H2. The summed E-state index contributed by atoms with van der Waals surface area (Å²) in [6.07, 6.45) is 0.718. The lowest BCUT2D eigenvalue weighted by molar-refractivity contribution is 0.292. The Hall–Kier alpha value is -1.22. The van der Waals surface area contributed by atoms with Crippen molar-refractivity contribution in [1.29, 1.82) is 0 Å². The molecule has 0 aliphatic rings. The van der Waals surface area contributed by atoms with E-state index < -0.39 is 0 Å². The predicted octanol–water partition coefficient (Wildman–Crippen LogP) is 1.19. The zero-order chi connectivity index (χ0) is 8.81. The molecule has 66 valence electrons. The van der Waals surface area contributed by atoms with Crippen LogP contribution in [0, 0.1) is 0 Å². The van der Waals surface area contributed by atoms with Crippen molar-refractivity contribution < 1.29 is 10.2 Å². The van der Waals surface area contributed by atoms with Crippen LogP contribution in [0.2, 0.25) is 0 Å². The Labute approximate surface area is 71.7 Å². The van der Waals surface area contributed by atoms with Gasteiger partial charge in [0.2, 0.25) is 0 Å². The second kappa shape index (κ2) is 4.62. The van der Waals surface area contributed by atoms with E-state index in [9.17, 15) is 0 Å². The van der Waals surface area contributed by atoms with Crippen molar-refractivity contribution in [2.45, 2.75) is 6.42 Å². The number of aromatic hydroxyl groups is 1. The van der Waals surface area contributed by atoms with E-state index in [1.807, 2.05) is 6.07 Å². The highest BCUT2D eigenvalue weighted by atomic mass is 16.3. The normalized spacial score (nSPS) is 9.75. The maximum Gasteiger partial charge on any atom is 0.117 e. The van der Waals surface area contributed by atoms with Crippen LogP contribution in [0.3, 0.4) is 0 Å². The van der Waals surface area contributed by atoms with Gasteiger partial charge in [0.25, 0.3) is 0 Å². The first-order valence-corrected chi connectivity index (χ1v) is 3.96. The van der Waals surface area contributed by atoms with Crippen molar-refractivity contribution in [1.82, 2.24) is 0 Å². The Balaban J connectivity index is 2.41. The molecule has 0 fully saturated rings. The van der Waals surface area contributed by atoms with Gasteiger partial charge in [-0.2, -0.15) is 0 Å². The minimum absolute atomic E-state index is 0.186. The quantitative estimate of drug-likeness (QED) is 0.590. The molecule has 0 unspecified atom stereocenters. The monoisotopic (exact) mass is 167 g/mol. The largest absolute Gasteiger partial charge is 0.508 e. The molecule has 12 heavy (non-hydrogen) atoms. The molecule has 0 aliphatic carbocycles. The number of phenols is 1. The van der Waals surface area contributed by atoms with Crippen LogP contribution in [0.15, 0.2) is 24.3 Å². The van der Waals surface area contributed by atoms with Crippen molar-refractivity contribution in [3.63, 3.8) is 0 Å². The van der Waals surface area contributed by atoms with E-state index in [1.54, 1.807) is 18.2 Å². The molecule has 0 aliphatic heterocycles. The second-order valence-corrected chi connectivity index (χ2v) is 2.55. The summed E-state index contributed by atoms with van der Waals surface area (Å²) in [5.41, 5.74) is 0.878. The van der Waals surface area contributed by atoms with E-state index in [4.69, 9.17) is 10.2 Å². The summed E-state index contributed by atoms with van der Waals surface area (Å²) in [5.74, 6) is 0.254. The van der Waals surface area contributed by atoms with Crippen LogP contribution in [0.25, 0.3) is 0 Å². The summed E-state index contributed by atoms with van der Waals surface area (Å²) in [4.78, 5) is 0. The number of hydrogen-bond acceptors (Lipinski definition) is 3. The van der Waals surface area contributed by atoms with Gasteiger partial charge in [0.15, 0.2) is 0 Å². The van der Waals surface area contributed by atoms with Gasteiger partial charge in [0.05, 0.1) is 0 Å². The van der Waals surface area contributed by atoms with E-state index in [0.717, 1.165) is 18.7 Å². The van der Waals surface area contributed by atoms with E-state index >= 15 is 0 Å². The number of phenolic OH excluding ortho intramolecular Hbond substituents is 1. The topological polar surface area (TPSA) is 52.5 Å². The number of aliphatic hydroxyl groups is 1. The highest BCUT2D eigenvalue weighted by Gasteiger charge is 1.91. The molecule has 3 heteroatoms. The van der Waals surface area contributed by atoms with E-state index in [-0.39, 0.29) is 12.4 Å². The lowest BCUT2D eigenvalue weighted by Crippen LogP contribution is -2.02. The Morgan fingerprint density at radius 2 is 2.17 bits per heavy atom. The van der Waals surface area contributed by atoms with Crippen molar-refractivity contribution in [2.24, 2.45) is 0 Å². The smallest absolute Gasteiger partial charge is 0.117 e. The Bertz CT molecular complexity index is 238. The summed E-state index contributed by atoms with van der Waals surface area (Å²) < 4.78 is 0. The van der Waals surface area contributed by atoms with E-state index in [2.05, 4.69) is 5.32 Å². The molecule has 0 amide bonds. The molecule has 1 aromatic carbocycles. The van der Waals surface area contributed by atoms with Crippen molar-refractivity contribution >= 4 is 5.69 Å². The maximum absolute atomic E-state index is 9.08. The van der Waals surface area contributed by atoms with Crippen molar-refractivity contribution in [3.05, 3.63) is 24.3 Å². The Kier molecular flexibility index (Phi) is 3.41. The van der Waals surface area contributed by atoms with Gasteiger partial charge in [0.1, 0.15) is 5.75 Å². The Morgan fingerprint density at radius 1 is 1.33 bits per heavy atom. The average Bonchev–Trinajstić information content (AvgIpc) is 2.05. The van der Waals surface area contributed by atoms with E-state index in [1.165, 1.54) is 0 Å². The third kappa shape index (κ3) is 2.80. The van der Waals surface area contributed by atoms with Gasteiger partial charge in [-0.1, -0.05) is 6.07 Å². The fourth-order valence-corrected chi connectivity index (χ4v) is 0.928. The summed E-state index contributed by atoms with van der Waals surface area (Å²) in [6, 6.07) is 6.92. The first-order chi connectivity index (χ1) is 5.83. The molecule has 1 aromatic rings. The second-order valence-electron chi connectivity index (χ2n) is 2.55. The zero-order valence-electron chi connectivity index (χ0n) is 6.83. The van der Waals surface area contributed by atoms with Crippen LogP contribution in [-0.2, 0) is 0 Å². The highest BCUT2D eigenvalue weighted by Crippen LogP contribution is 2.14. The Morgan fingerprint density at radius 3 is 2.83 bits per heavy atom. The van der Waals surface area contributed by atoms with Gasteiger partial charge < -0.3 is 15.5 Å². The third-order valence-electron chi connectivity index (χ3n) is 1.51. The van der Waals surface area contributed by atoms with Gasteiger partial charge in [-0.15, -0.1) is 0 Å². The summed E-state index contributed by atoms with van der Waals surface area (Å²) >= 11 is 0. The lowest BCUT2D eigenvalue weighted by atomic mass is 10.3. The number of rotatable bonds is 4. The van der Waals surface area contributed by atoms with Gasteiger partial charge in [-0.05, 0) is 18.6 Å². The summed E-state index contributed by atoms with van der Waals surface area (Å²) in [7, 11) is 0. The van der Waals surface area contributed by atoms with E-state index in [0.29, 0.717) is 0 Å². The molecule has 0 atom stereocenters. The molecular weight excluding hydrogens is 154 g/mol. The number of nitrogens with one attached hydrogen (secondary N) is 1. The highest BCUT2D eigenvalue weighted by molar-refractivity contribution is 5.47. The molecule has 3 N–H and O–H groups in total. The van der Waals surface area contributed by atoms with Crippen LogP contribution >= 0.6 is 0 Å². The molecular formula is C9H13NO2. The van der Waals surface area contributed by atoms with Gasteiger partial charge in [-0.3, -0.25) is 0 Å². The number of aliphatic hydroxyl groups excluding tert-OH is 1. The molecule has 0 heterocycles. The fourth-order valence-electron chi connectivity index (χ4n) is 0.928. The average molecular weight is 167 g/mol. The predicted molar refractivity (Wildman–Crippen MR) is 48.3 cm³/mol. The molecule has 1 rings (SSSR count). The zero-order valence-corrected chi connectivity index (χ0v) is 6.83. The molecule has 0 bridgehead atoms. The SMILES string of the molecule is OCCCNc1cccc(O)c1. The number of anilines is 1. The molecule has 3 nitrogen and oxygen atoms in total. The number of benzene rings is 1. The fraction of sp³-hybridized carbons (Fsp3) is 0.333. The summed E-state index contributed by atoms with van der Waals surface area (Å²) in [6.45, 7) is 0.909. The first kappa shape index (κ1) is 8.87.